The van der Waals surface area contributed by atoms with Crippen molar-refractivity contribution in [3.8, 4) is 0 Å². The fourth-order valence-corrected chi connectivity index (χ4v) is 2.57. The van der Waals surface area contributed by atoms with Crippen molar-refractivity contribution in [2.24, 2.45) is 0 Å². The molecule has 1 aromatic rings. The first-order valence-electron chi connectivity index (χ1n) is 7.29. The minimum atomic E-state index is -0.948. The largest absolute Gasteiger partial charge is 0.478 e. The molecular formula is C15H22N2O4. The van der Waals surface area contributed by atoms with Crippen molar-refractivity contribution in [1.82, 2.24) is 4.98 Å². The fourth-order valence-electron chi connectivity index (χ4n) is 2.57. The van der Waals surface area contributed by atoms with Crippen molar-refractivity contribution in [1.29, 1.82) is 0 Å². The van der Waals surface area contributed by atoms with Gasteiger partial charge in [0.25, 0.3) is 0 Å². The van der Waals surface area contributed by atoms with Crippen LogP contribution in [0.1, 0.15) is 36.3 Å². The van der Waals surface area contributed by atoms with E-state index < -0.39 is 5.97 Å². The molecule has 1 saturated heterocycles. The van der Waals surface area contributed by atoms with E-state index in [1.165, 1.54) is 0 Å². The van der Waals surface area contributed by atoms with Crippen LogP contribution in [0, 0.1) is 0 Å². The van der Waals surface area contributed by atoms with Gasteiger partial charge in [0, 0.05) is 18.8 Å². The number of carboxylic acid groups (broad SMARTS) is 1. The van der Waals surface area contributed by atoms with Crippen molar-refractivity contribution in [2.75, 3.05) is 24.6 Å². The Morgan fingerprint density at radius 2 is 2.24 bits per heavy atom. The van der Waals surface area contributed by atoms with Crippen LogP contribution in [0.3, 0.4) is 0 Å². The second kappa shape index (κ2) is 6.87. The molecular weight excluding hydrogens is 272 g/mol. The van der Waals surface area contributed by atoms with Gasteiger partial charge in [0.1, 0.15) is 5.82 Å². The predicted molar refractivity (Wildman–Crippen MR) is 78.8 cm³/mol. The Bertz CT molecular complexity index is 506. The number of aromatic carboxylic acids is 1. The number of aliphatic hydroxyl groups excluding tert-OH is 1. The Labute approximate surface area is 124 Å². The minimum Gasteiger partial charge on any atom is -0.478 e. The molecule has 0 bridgehead atoms. The maximum atomic E-state index is 11.3. The molecule has 1 fully saturated rings. The molecule has 2 N–H and O–H groups in total. The Balaban J connectivity index is 2.30. The maximum Gasteiger partial charge on any atom is 0.335 e. The van der Waals surface area contributed by atoms with E-state index in [-0.39, 0.29) is 24.4 Å². The Hall–Kier alpha value is -1.66. The van der Waals surface area contributed by atoms with Gasteiger partial charge >= 0.3 is 5.97 Å². The molecule has 6 heteroatoms. The van der Waals surface area contributed by atoms with Crippen LogP contribution in [-0.4, -0.2) is 53.1 Å². The summed E-state index contributed by atoms with van der Waals surface area (Å²) in [5.74, 6) is -0.303. The minimum absolute atomic E-state index is 0.0270. The second-order valence-electron chi connectivity index (χ2n) is 5.42. The van der Waals surface area contributed by atoms with Gasteiger partial charge in [-0.1, -0.05) is 13.3 Å². The predicted octanol–water partition coefficient (Wildman–Crippen LogP) is 1.32. The third-order valence-electron chi connectivity index (χ3n) is 3.47. The lowest BCUT2D eigenvalue weighted by molar-refractivity contribution is -0.0423. The van der Waals surface area contributed by atoms with Crippen molar-refractivity contribution >= 4 is 11.8 Å². The first-order chi connectivity index (χ1) is 10.0. The van der Waals surface area contributed by atoms with Crippen LogP contribution in [0.4, 0.5) is 5.82 Å². The number of carbonyl (C=O) groups is 1. The smallest absolute Gasteiger partial charge is 0.335 e. The standard InChI is InChI=1S/C15H22N2O4/c1-3-4-12-5-11(15(19)20)6-14(16-12)17-7-10(2)21-13(8-17)9-18/h5-6,10,13,18H,3-4,7-9H2,1-2H3,(H,19,20). The van der Waals surface area contributed by atoms with Gasteiger partial charge in [0.2, 0.25) is 0 Å². The lowest BCUT2D eigenvalue weighted by Gasteiger charge is -2.37. The van der Waals surface area contributed by atoms with E-state index in [9.17, 15) is 15.0 Å². The van der Waals surface area contributed by atoms with E-state index >= 15 is 0 Å². The number of aryl methyl sites for hydroxylation is 1. The molecule has 116 valence electrons. The van der Waals surface area contributed by atoms with Gasteiger partial charge < -0.3 is 19.8 Å². The molecule has 2 heterocycles. The lowest BCUT2D eigenvalue weighted by atomic mass is 10.1. The number of hydrogen-bond donors (Lipinski definition) is 2. The summed E-state index contributed by atoms with van der Waals surface area (Å²) in [4.78, 5) is 17.8. The maximum absolute atomic E-state index is 11.3. The zero-order valence-corrected chi connectivity index (χ0v) is 12.5. The van der Waals surface area contributed by atoms with Gasteiger partial charge in [0.15, 0.2) is 0 Å². The number of hydrogen-bond acceptors (Lipinski definition) is 5. The molecule has 2 unspecified atom stereocenters. The van der Waals surface area contributed by atoms with Crippen LogP contribution < -0.4 is 4.90 Å². The van der Waals surface area contributed by atoms with E-state index in [1.807, 2.05) is 18.7 Å². The first-order valence-corrected chi connectivity index (χ1v) is 7.29. The van der Waals surface area contributed by atoms with Crippen LogP contribution in [0.5, 0.6) is 0 Å². The molecule has 0 aliphatic carbocycles. The lowest BCUT2D eigenvalue weighted by Crippen LogP contribution is -2.48. The van der Waals surface area contributed by atoms with E-state index in [4.69, 9.17) is 4.74 Å². The average molecular weight is 294 g/mol. The number of aromatic nitrogens is 1. The molecule has 21 heavy (non-hydrogen) atoms. The van der Waals surface area contributed by atoms with Crippen molar-refractivity contribution in [2.45, 2.75) is 38.9 Å². The van der Waals surface area contributed by atoms with Gasteiger partial charge in [-0.05, 0) is 25.5 Å². The normalized spacial score (nSPS) is 22.3. The number of nitrogens with zero attached hydrogens (tertiary/aromatic N) is 2. The summed E-state index contributed by atoms with van der Waals surface area (Å²) in [7, 11) is 0. The highest BCUT2D eigenvalue weighted by Crippen LogP contribution is 2.21. The zero-order valence-electron chi connectivity index (χ0n) is 12.5. The van der Waals surface area contributed by atoms with E-state index in [2.05, 4.69) is 4.98 Å². The molecule has 6 nitrogen and oxygen atoms in total. The van der Waals surface area contributed by atoms with Gasteiger partial charge in [-0.2, -0.15) is 0 Å². The third-order valence-corrected chi connectivity index (χ3v) is 3.47. The molecule has 0 spiro atoms. The van der Waals surface area contributed by atoms with Crippen molar-refractivity contribution in [3.63, 3.8) is 0 Å². The number of carboxylic acids is 1. The highest BCUT2D eigenvalue weighted by molar-refractivity contribution is 5.88. The monoisotopic (exact) mass is 294 g/mol. The van der Waals surface area contributed by atoms with Crippen LogP contribution in [0.2, 0.25) is 0 Å². The van der Waals surface area contributed by atoms with Gasteiger partial charge in [0.05, 0.1) is 24.4 Å². The second-order valence-corrected chi connectivity index (χ2v) is 5.42. The third kappa shape index (κ3) is 3.92. The summed E-state index contributed by atoms with van der Waals surface area (Å²) < 4.78 is 5.61. The fraction of sp³-hybridized carbons (Fsp3) is 0.600. The molecule has 1 aliphatic rings. The van der Waals surface area contributed by atoms with Gasteiger partial charge in [-0.15, -0.1) is 0 Å². The molecule has 0 saturated carbocycles. The van der Waals surface area contributed by atoms with Crippen LogP contribution in [0.25, 0.3) is 0 Å². The summed E-state index contributed by atoms with van der Waals surface area (Å²) in [6.45, 7) is 5.07. The topological polar surface area (TPSA) is 82.9 Å². The first kappa shape index (κ1) is 15.7. The molecule has 2 atom stereocenters. The Morgan fingerprint density at radius 1 is 1.48 bits per heavy atom. The van der Waals surface area contributed by atoms with Crippen LogP contribution in [-0.2, 0) is 11.2 Å². The van der Waals surface area contributed by atoms with Crippen molar-refractivity contribution < 1.29 is 19.7 Å². The van der Waals surface area contributed by atoms with E-state index in [0.29, 0.717) is 18.9 Å². The number of ether oxygens (including phenoxy) is 1. The number of aliphatic hydroxyl groups is 1. The Kier molecular flexibility index (Phi) is 5.14. The summed E-state index contributed by atoms with van der Waals surface area (Å²) in [6.07, 6.45) is 1.37. The summed E-state index contributed by atoms with van der Waals surface area (Å²) in [6, 6.07) is 3.22. The Morgan fingerprint density at radius 3 is 2.86 bits per heavy atom. The highest BCUT2D eigenvalue weighted by Gasteiger charge is 2.26. The van der Waals surface area contributed by atoms with Gasteiger partial charge in [-0.3, -0.25) is 0 Å². The number of morpholine rings is 1. The molecule has 0 amide bonds. The SMILES string of the molecule is CCCc1cc(C(=O)O)cc(N2CC(C)OC(CO)C2)n1. The molecule has 0 aromatic carbocycles. The van der Waals surface area contributed by atoms with Crippen molar-refractivity contribution in [3.05, 3.63) is 23.4 Å². The number of anilines is 1. The highest BCUT2D eigenvalue weighted by atomic mass is 16.5. The summed E-state index contributed by atoms with van der Waals surface area (Å²) >= 11 is 0. The van der Waals surface area contributed by atoms with E-state index in [0.717, 1.165) is 18.5 Å². The van der Waals surface area contributed by atoms with Gasteiger partial charge in [-0.25, -0.2) is 9.78 Å². The number of rotatable bonds is 5. The van der Waals surface area contributed by atoms with Crippen LogP contribution >= 0.6 is 0 Å². The molecule has 1 aliphatic heterocycles. The zero-order chi connectivity index (χ0) is 15.4. The summed E-state index contributed by atoms with van der Waals surface area (Å²) in [5, 5.41) is 18.5. The molecule has 1 aromatic heterocycles. The quantitative estimate of drug-likeness (QED) is 0.852. The number of pyridine rings is 1. The van der Waals surface area contributed by atoms with E-state index in [1.54, 1.807) is 12.1 Å². The van der Waals surface area contributed by atoms with Crippen LogP contribution in [0.15, 0.2) is 12.1 Å². The summed E-state index contributed by atoms with van der Waals surface area (Å²) in [5.41, 5.74) is 1.04. The average Bonchev–Trinajstić information content (AvgIpc) is 2.46. The molecule has 0 radical (unpaired) electrons. The molecule has 2 rings (SSSR count).